The lowest BCUT2D eigenvalue weighted by atomic mass is 9.80. The molecule has 1 aliphatic rings. The summed E-state index contributed by atoms with van der Waals surface area (Å²) in [6, 6.07) is 7.08. The van der Waals surface area contributed by atoms with Gasteiger partial charge in [0.25, 0.3) is 0 Å². The van der Waals surface area contributed by atoms with E-state index in [-0.39, 0.29) is 6.03 Å². The molecule has 2 rings (SSSR count). The molecule has 5 heteroatoms. The molecule has 0 saturated heterocycles. The van der Waals surface area contributed by atoms with Crippen LogP contribution in [0.25, 0.3) is 0 Å². The van der Waals surface area contributed by atoms with Crippen LogP contribution in [0.5, 0.6) is 0 Å². The van der Waals surface area contributed by atoms with Crippen LogP contribution in [0.2, 0.25) is 5.02 Å². The first-order valence-corrected chi connectivity index (χ1v) is 6.44. The van der Waals surface area contributed by atoms with E-state index in [1.807, 2.05) is 18.2 Å². The molecule has 0 heterocycles. The molecule has 18 heavy (non-hydrogen) atoms. The monoisotopic (exact) mass is 268 g/mol. The van der Waals surface area contributed by atoms with Gasteiger partial charge >= 0.3 is 6.03 Å². The number of nitrogens with one attached hydrogen (secondary N) is 2. The lowest BCUT2D eigenvalue weighted by Gasteiger charge is -2.36. The van der Waals surface area contributed by atoms with Gasteiger partial charge in [-0.15, -0.1) is 0 Å². The van der Waals surface area contributed by atoms with Gasteiger partial charge in [0.2, 0.25) is 0 Å². The Kier molecular flexibility index (Phi) is 4.09. The van der Waals surface area contributed by atoms with Crippen LogP contribution in [0.15, 0.2) is 24.3 Å². The largest absolute Gasteiger partial charge is 0.388 e. The molecule has 0 radical (unpaired) electrons. The maximum absolute atomic E-state index is 11.5. The van der Waals surface area contributed by atoms with Gasteiger partial charge < -0.3 is 15.7 Å². The molecule has 1 aromatic carbocycles. The standard InChI is InChI=1S/C13H17ClN2O2/c14-11-5-2-1-4-10(11)8-15-12(17)16-9-13(18)6-3-7-13/h1-2,4-5,18H,3,6-9H2,(H2,15,16,17). The third-order valence-corrected chi connectivity index (χ3v) is 3.63. The molecule has 0 spiro atoms. The number of halogens is 1. The highest BCUT2D eigenvalue weighted by molar-refractivity contribution is 6.31. The average molecular weight is 269 g/mol. The number of hydrogen-bond acceptors (Lipinski definition) is 2. The van der Waals surface area contributed by atoms with Gasteiger partial charge in [-0.3, -0.25) is 0 Å². The summed E-state index contributed by atoms with van der Waals surface area (Å²) in [4.78, 5) is 11.5. The first kappa shape index (κ1) is 13.2. The topological polar surface area (TPSA) is 61.4 Å². The summed E-state index contributed by atoms with van der Waals surface area (Å²) < 4.78 is 0. The second-order valence-corrected chi connectivity index (χ2v) is 5.11. The van der Waals surface area contributed by atoms with E-state index >= 15 is 0 Å². The summed E-state index contributed by atoms with van der Waals surface area (Å²) >= 11 is 5.98. The number of aliphatic hydroxyl groups is 1. The van der Waals surface area contributed by atoms with E-state index in [4.69, 9.17) is 11.6 Å². The Morgan fingerprint density at radius 1 is 1.33 bits per heavy atom. The van der Waals surface area contributed by atoms with Crippen LogP contribution in [0, 0.1) is 0 Å². The zero-order valence-electron chi connectivity index (χ0n) is 10.1. The fraction of sp³-hybridized carbons (Fsp3) is 0.462. The zero-order valence-corrected chi connectivity index (χ0v) is 10.8. The molecular formula is C13H17ClN2O2. The molecular weight excluding hydrogens is 252 g/mol. The van der Waals surface area contributed by atoms with Crippen LogP contribution in [0.3, 0.4) is 0 Å². The van der Waals surface area contributed by atoms with Crippen LogP contribution in [0.1, 0.15) is 24.8 Å². The highest BCUT2D eigenvalue weighted by atomic mass is 35.5. The lowest BCUT2D eigenvalue weighted by molar-refractivity contribution is -0.0290. The minimum atomic E-state index is -0.693. The fourth-order valence-corrected chi connectivity index (χ4v) is 2.09. The Bertz CT molecular complexity index is 433. The summed E-state index contributed by atoms with van der Waals surface area (Å²) in [5, 5.41) is 15.8. The maximum atomic E-state index is 11.5. The van der Waals surface area contributed by atoms with Crippen molar-refractivity contribution < 1.29 is 9.90 Å². The highest BCUT2D eigenvalue weighted by Crippen LogP contribution is 2.30. The van der Waals surface area contributed by atoms with E-state index in [1.165, 1.54) is 0 Å². The SMILES string of the molecule is O=C(NCc1ccccc1Cl)NCC1(O)CCC1. The molecule has 0 unspecified atom stereocenters. The van der Waals surface area contributed by atoms with E-state index in [0.29, 0.717) is 18.1 Å². The van der Waals surface area contributed by atoms with Gasteiger partial charge in [-0.25, -0.2) is 4.79 Å². The van der Waals surface area contributed by atoms with E-state index in [2.05, 4.69) is 10.6 Å². The van der Waals surface area contributed by atoms with Gasteiger partial charge in [-0.2, -0.15) is 0 Å². The van der Waals surface area contributed by atoms with E-state index in [1.54, 1.807) is 6.07 Å². The van der Waals surface area contributed by atoms with Gasteiger partial charge in [0.15, 0.2) is 0 Å². The first-order chi connectivity index (χ1) is 8.59. The third kappa shape index (κ3) is 3.37. The van der Waals surface area contributed by atoms with Gasteiger partial charge in [0.05, 0.1) is 5.60 Å². The number of urea groups is 1. The molecule has 0 aliphatic heterocycles. The molecule has 98 valence electrons. The highest BCUT2D eigenvalue weighted by Gasteiger charge is 2.34. The Balaban J connectivity index is 1.73. The van der Waals surface area contributed by atoms with Crippen molar-refractivity contribution in [3.05, 3.63) is 34.9 Å². The second-order valence-electron chi connectivity index (χ2n) is 4.71. The number of amides is 2. The van der Waals surface area contributed by atoms with Crippen molar-refractivity contribution in [2.24, 2.45) is 0 Å². The normalized spacial score (nSPS) is 16.8. The molecule has 3 N–H and O–H groups in total. The predicted octanol–water partition coefficient (Wildman–Crippen LogP) is 2.05. The summed E-state index contributed by atoms with van der Waals surface area (Å²) in [6.07, 6.45) is 2.55. The Morgan fingerprint density at radius 2 is 2.06 bits per heavy atom. The molecule has 1 fully saturated rings. The minimum Gasteiger partial charge on any atom is -0.388 e. The smallest absolute Gasteiger partial charge is 0.315 e. The summed E-state index contributed by atoms with van der Waals surface area (Å²) in [7, 11) is 0. The van der Waals surface area contributed by atoms with Crippen LogP contribution in [0.4, 0.5) is 4.79 Å². The van der Waals surface area contributed by atoms with Crippen molar-refractivity contribution in [3.8, 4) is 0 Å². The van der Waals surface area contributed by atoms with Gasteiger partial charge in [-0.05, 0) is 30.9 Å². The zero-order chi connectivity index (χ0) is 13.0. The molecule has 1 aromatic rings. The van der Waals surface area contributed by atoms with E-state index in [9.17, 15) is 9.90 Å². The van der Waals surface area contributed by atoms with Gasteiger partial charge in [0.1, 0.15) is 0 Å². The number of rotatable bonds is 4. The number of hydrogen-bond donors (Lipinski definition) is 3. The summed E-state index contributed by atoms with van der Waals surface area (Å²) in [6.45, 7) is 0.686. The van der Waals surface area contributed by atoms with Crippen molar-refractivity contribution in [2.45, 2.75) is 31.4 Å². The number of benzene rings is 1. The Hall–Kier alpha value is -1.26. The first-order valence-electron chi connectivity index (χ1n) is 6.07. The molecule has 2 amide bonds. The van der Waals surface area contributed by atoms with Crippen LogP contribution in [-0.2, 0) is 6.54 Å². The van der Waals surface area contributed by atoms with Crippen molar-refractivity contribution >= 4 is 17.6 Å². The molecule has 0 aromatic heterocycles. The predicted molar refractivity (Wildman–Crippen MR) is 70.5 cm³/mol. The van der Waals surface area contributed by atoms with Crippen molar-refractivity contribution in [1.29, 1.82) is 0 Å². The molecule has 0 bridgehead atoms. The van der Waals surface area contributed by atoms with Crippen LogP contribution >= 0.6 is 11.6 Å². The quantitative estimate of drug-likeness (QED) is 0.783. The van der Waals surface area contributed by atoms with Crippen LogP contribution < -0.4 is 10.6 Å². The number of carbonyl (C=O) groups excluding carboxylic acids is 1. The van der Waals surface area contributed by atoms with Gasteiger partial charge in [0, 0.05) is 18.1 Å². The Morgan fingerprint density at radius 3 is 2.67 bits per heavy atom. The second kappa shape index (κ2) is 5.59. The van der Waals surface area contributed by atoms with Crippen LogP contribution in [-0.4, -0.2) is 23.3 Å². The molecule has 0 atom stereocenters. The average Bonchev–Trinajstić information content (AvgIpc) is 2.33. The summed E-state index contributed by atoms with van der Waals surface area (Å²) in [5.74, 6) is 0. The Labute approximate surface area is 111 Å². The molecule has 1 saturated carbocycles. The minimum absolute atomic E-state index is 0.282. The van der Waals surface area contributed by atoms with Gasteiger partial charge in [-0.1, -0.05) is 29.8 Å². The van der Waals surface area contributed by atoms with Crippen molar-refractivity contribution in [1.82, 2.24) is 10.6 Å². The lowest BCUT2D eigenvalue weighted by Crippen LogP contribution is -2.49. The van der Waals surface area contributed by atoms with Crippen molar-refractivity contribution in [2.75, 3.05) is 6.54 Å². The maximum Gasteiger partial charge on any atom is 0.315 e. The van der Waals surface area contributed by atoms with E-state index in [0.717, 1.165) is 24.8 Å². The van der Waals surface area contributed by atoms with E-state index < -0.39 is 5.60 Å². The summed E-state index contributed by atoms with van der Waals surface area (Å²) in [5.41, 5.74) is 0.179. The third-order valence-electron chi connectivity index (χ3n) is 3.26. The fourth-order valence-electron chi connectivity index (χ4n) is 1.89. The number of carbonyl (C=O) groups is 1. The van der Waals surface area contributed by atoms with Crippen molar-refractivity contribution in [3.63, 3.8) is 0 Å². The molecule has 4 nitrogen and oxygen atoms in total. The molecule has 1 aliphatic carbocycles.